The van der Waals surface area contributed by atoms with Crippen LogP contribution in [-0.4, -0.2) is 12.4 Å². The Morgan fingerprint density at radius 1 is 1.27 bits per heavy atom. The van der Waals surface area contributed by atoms with Gasteiger partial charge in [-0.05, 0) is 24.6 Å². The van der Waals surface area contributed by atoms with Crippen LogP contribution in [0.1, 0.15) is 25.3 Å². The van der Waals surface area contributed by atoms with E-state index in [0.29, 0.717) is 0 Å². The van der Waals surface area contributed by atoms with E-state index >= 15 is 0 Å². The minimum atomic E-state index is -2.82. The molecule has 1 aromatic rings. The Kier molecular flexibility index (Phi) is 3.77. The van der Waals surface area contributed by atoms with Gasteiger partial charge in [-0.2, -0.15) is 8.78 Å². The van der Waals surface area contributed by atoms with E-state index in [9.17, 15) is 13.6 Å². The first-order chi connectivity index (χ1) is 7.00. The maximum absolute atomic E-state index is 11.8. The highest BCUT2D eigenvalue weighted by Gasteiger charge is 2.10. The molecule has 15 heavy (non-hydrogen) atoms. The van der Waals surface area contributed by atoms with Crippen LogP contribution >= 0.6 is 0 Å². The monoisotopic (exact) mass is 214 g/mol. The van der Waals surface area contributed by atoms with E-state index in [4.69, 9.17) is 0 Å². The summed E-state index contributed by atoms with van der Waals surface area (Å²) >= 11 is 0. The molecule has 2 nitrogen and oxygen atoms in total. The topological polar surface area (TPSA) is 26.3 Å². The predicted octanol–water partition coefficient (Wildman–Crippen LogP) is 2.98. The molecule has 0 N–H and O–H groups in total. The van der Waals surface area contributed by atoms with E-state index in [2.05, 4.69) is 4.74 Å². The van der Waals surface area contributed by atoms with E-state index in [-0.39, 0.29) is 17.5 Å². The van der Waals surface area contributed by atoms with Gasteiger partial charge in [-0.15, -0.1) is 0 Å². The van der Waals surface area contributed by atoms with Crippen LogP contribution in [0, 0.1) is 0 Å². The largest absolute Gasteiger partial charge is 0.435 e. The summed E-state index contributed by atoms with van der Waals surface area (Å²) in [5.41, 5.74) is 0.795. The summed E-state index contributed by atoms with van der Waals surface area (Å²) in [6.45, 7) is 0.445. The van der Waals surface area contributed by atoms with Crippen LogP contribution in [0.3, 0.4) is 0 Å². The number of carbonyl (C=O) groups is 1. The highest BCUT2D eigenvalue weighted by atomic mass is 19.3. The van der Waals surface area contributed by atoms with E-state index in [0.717, 1.165) is 5.56 Å². The minimum absolute atomic E-state index is 0.0394. The molecule has 0 aliphatic carbocycles. The van der Waals surface area contributed by atoms with Crippen molar-refractivity contribution < 1.29 is 18.3 Å². The summed E-state index contributed by atoms with van der Waals surface area (Å²) in [6, 6.07) is 6.09. The smallest absolute Gasteiger partial charge is 0.387 e. The highest BCUT2D eigenvalue weighted by Crippen LogP contribution is 2.20. The lowest BCUT2D eigenvalue weighted by Gasteiger charge is -2.09. The second kappa shape index (κ2) is 4.87. The molecular weight excluding hydrogens is 202 g/mol. The van der Waals surface area contributed by atoms with Gasteiger partial charge in [0.15, 0.2) is 0 Å². The maximum atomic E-state index is 11.8. The van der Waals surface area contributed by atoms with Crippen LogP contribution in [0.15, 0.2) is 24.3 Å². The standard InChI is InChI=1S/C11H12F2O2/c1-7(8(2)14)9-3-5-10(6-4-9)15-11(12)13/h3-7,11H,1-2H3. The number of hydrogen-bond donors (Lipinski definition) is 0. The third-order valence-electron chi connectivity index (χ3n) is 2.22. The molecule has 0 radical (unpaired) electrons. The summed E-state index contributed by atoms with van der Waals surface area (Å²) in [5, 5.41) is 0. The average molecular weight is 214 g/mol. The number of halogens is 2. The molecule has 1 unspecified atom stereocenters. The summed E-state index contributed by atoms with van der Waals surface area (Å²) in [7, 11) is 0. The van der Waals surface area contributed by atoms with Crippen LogP contribution in [0.5, 0.6) is 5.75 Å². The third-order valence-corrected chi connectivity index (χ3v) is 2.22. The summed E-state index contributed by atoms with van der Waals surface area (Å²) in [4.78, 5) is 11.1. The first-order valence-electron chi connectivity index (χ1n) is 4.56. The lowest BCUT2D eigenvalue weighted by Crippen LogP contribution is -2.05. The van der Waals surface area contributed by atoms with Gasteiger partial charge in [0.25, 0.3) is 0 Å². The molecule has 1 rings (SSSR count). The van der Waals surface area contributed by atoms with Crippen molar-refractivity contribution in [2.24, 2.45) is 0 Å². The molecule has 1 atom stereocenters. The Bertz CT molecular complexity index is 333. The molecule has 1 aromatic carbocycles. The lowest BCUT2D eigenvalue weighted by atomic mass is 9.98. The molecule has 0 bridgehead atoms. The van der Waals surface area contributed by atoms with Gasteiger partial charge in [-0.1, -0.05) is 19.1 Å². The Labute approximate surface area is 86.9 Å². The molecule has 0 amide bonds. The van der Waals surface area contributed by atoms with Crippen LogP contribution in [0.4, 0.5) is 8.78 Å². The summed E-state index contributed by atoms with van der Waals surface area (Å²) in [5.74, 6) is -0.0763. The van der Waals surface area contributed by atoms with Gasteiger partial charge >= 0.3 is 6.61 Å². The number of carbonyl (C=O) groups excluding carboxylic acids is 1. The van der Waals surface area contributed by atoms with E-state index < -0.39 is 6.61 Å². The number of hydrogen-bond acceptors (Lipinski definition) is 2. The zero-order valence-electron chi connectivity index (χ0n) is 8.54. The molecule has 0 saturated heterocycles. The van der Waals surface area contributed by atoms with Crippen molar-refractivity contribution in [2.45, 2.75) is 26.4 Å². The number of ether oxygens (including phenoxy) is 1. The number of ketones is 1. The zero-order chi connectivity index (χ0) is 11.4. The Balaban J connectivity index is 2.76. The van der Waals surface area contributed by atoms with Gasteiger partial charge < -0.3 is 4.74 Å². The van der Waals surface area contributed by atoms with Crippen LogP contribution in [0.25, 0.3) is 0 Å². The fourth-order valence-electron chi connectivity index (χ4n) is 1.17. The molecule has 0 aliphatic heterocycles. The molecule has 0 aromatic heterocycles. The second-order valence-corrected chi connectivity index (χ2v) is 3.28. The van der Waals surface area contributed by atoms with Gasteiger partial charge in [-0.3, -0.25) is 4.79 Å². The fraction of sp³-hybridized carbons (Fsp3) is 0.364. The van der Waals surface area contributed by atoms with E-state index in [1.165, 1.54) is 19.1 Å². The first-order valence-corrected chi connectivity index (χ1v) is 4.56. The first kappa shape index (κ1) is 11.6. The van der Waals surface area contributed by atoms with Gasteiger partial charge in [-0.25, -0.2) is 0 Å². The number of benzene rings is 1. The van der Waals surface area contributed by atoms with Crippen molar-refractivity contribution in [2.75, 3.05) is 0 Å². The third kappa shape index (κ3) is 3.31. The van der Waals surface area contributed by atoms with Crippen molar-refractivity contribution in [1.29, 1.82) is 0 Å². The van der Waals surface area contributed by atoms with E-state index in [1.807, 2.05) is 0 Å². The molecule has 0 saturated carbocycles. The summed E-state index contributed by atoms with van der Waals surface area (Å²) < 4.78 is 27.9. The highest BCUT2D eigenvalue weighted by molar-refractivity contribution is 5.82. The molecule has 4 heteroatoms. The number of rotatable bonds is 4. The second-order valence-electron chi connectivity index (χ2n) is 3.28. The van der Waals surface area contributed by atoms with Gasteiger partial charge in [0.1, 0.15) is 11.5 Å². The quantitative estimate of drug-likeness (QED) is 0.770. The molecule has 0 fully saturated rings. The van der Waals surface area contributed by atoms with E-state index in [1.54, 1.807) is 19.1 Å². The number of alkyl halides is 2. The normalized spacial score (nSPS) is 12.6. The SMILES string of the molecule is CC(=O)C(C)c1ccc(OC(F)F)cc1. The van der Waals surface area contributed by atoms with Crippen LogP contribution in [0.2, 0.25) is 0 Å². The molecule has 0 aliphatic rings. The lowest BCUT2D eigenvalue weighted by molar-refractivity contribution is -0.118. The predicted molar refractivity (Wildman–Crippen MR) is 52.2 cm³/mol. The minimum Gasteiger partial charge on any atom is -0.435 e. The van der Waals surface area contributed by atoms with Crippen molar-refractivity contribution in [3.05, 3.63) is 29.8 Å². The molecule has 82 valence electrons. The van der Waals surface area contributed by atoms with Crippen molar-refractivity contribution >= 4 is 5.78 Å². The molecule has 0 heterocycles. The zero-order valence-corrected chi connectivity index (χ0v) is 8.54. The maximum Gasteiger partial charge on any atom is 0.387 e. The Morgan fingerprint density at radius 2 is 1.80 bits per heavy atom. The van der Waals surface area contributed by atoms with Crippen molar-refractivity contribution in [1.82, 2.24) is 0 Å². The fourth-order valence-corrected chi connectivity index (χ4v) is 1.17. The van der Waals surface area contributed by atoms with Crippen LogP contribution in [-0.2, 0) is 4.79 Å². The van der Waals surface area contributed by atoms with Crippen molar-refractivity contribution in [3.8, 4) is 5.75 Å². The molecular formula is C11H12F2O2. The average Bonchev–Trinajstić information content (AvgIpc) is 2.17. The Hall–Kier alpha value is -1.45. The van der Waals surface area contributed by atoms with Gasteiger partial charge in [0.2, 0.25) is 0 Å². The van der Waals surface area contributed by atoms with Crippen molar-refractivity contribution in [3.63, 3.8) is 0 Å². The summed E-state index contributed by atoms with van der Waals surface area (Å²) in [6.07, 6.45) is 0. The van der Waals surface area contributed by atoms with Crippen LogP contribution < -0.4 is 4.74 Å². The van der Waals surface area contributed by atoms with Gasteiger partial charge in [0, 0.05) is 5.92 Å². The van der Waals surface area contributed by atoms with Gasteiger partial charge in [0.05, 0.1) is 0 Å². The number of Topliss-reactive ketones (excluding diaryl/α,β-unsaturated/α-hetero) is 1. The molecule has 0 spiro atoms. The Morgan fingerprint density at radius 3 is 2.20 bits per heavy atom.